The molecule has 0 aliphatic carbocycles. The second kappa shape index (κ2) is 8.14. The minimum Gasteiger partial charge on any atom is -0.372 e. The third-order valence-electron chi connectivity index (χ3n) is 2.96. The van der Waals surface area contributed by atoms with E-state index in [2.05, 4.69) is 20.8 Å². The molecule has 0 bridgehead atoms. The smallest absolute Gasteiger partial charge is 0.315 e. The standard InChI is InChI=1S/C15H20N4O3/c1-3-21-13(12-7-5-4-6-8-12)9-16-15(20)17-10-14-18-11(2)22-19-14/h4-8,13H,3,9-10H2,1-2H3,(H2,16,17,20). The highest BCUT2D eigenvalue weighted by atomic mass is 16.5. The van der Waals surface area contributed by atoms with Crippen LogP contribution in [0.1, 0.15) is 30.3 Å². The third-order valence-corrected chi connectivity index (χ3v) is 2.96. The topological polar surface area (TPSA) is 89.3 Å². The molecule has 7 nitrogen and oxygen atoms in total. The highest BCUT2D eigenvalue weighted by Gasteiger charge is 2.13. The van der Waals surface area contributed by atoms with E-state index in [1.807, 2.05) is 37.3 Å². The number of carbonyl (C=O) groups is 1. The molecule has 2 aromatic rings. The van der Waals surface area contributed by atoms with Crippen LogP contribution in [0.2, 0.25) is 0 Å². The number of amides is 2. The van der Waals surface area contributed by atoms with Gasteiger partial charge in [0.2, 0.25) is 5.89 Å². The molecule has 0 radical (unpaired) electrons. The third kappa shape index (κ3) is 4.85. The van der Waals surface area contributed by atoms with Crippen LogP contribution in [-0.2, 0) is 11.3 Å². The van der Waals surface area contributed by atoms with Crippen LogP contribution in [0, 0.1) is 6.92 Å². The lowest BCUT2D eigenvalue weighted by molar-refractivity contribution is 0.0639. The van der Waals surface area contributed by atoms with Gasteiger partial charge in [-0.15, -0.1) is 0 Å². The molecule has 1 unspecified atom stereocenters. The van der Waals surface area contributed by atoms with E-state index in [1.165, 1.54) is 0 Å². The first-order chi connectivity index (χ1) is 10.7. The van der Waals surface area contributed by atoms with Gasteiger partial charge in [0.05, 0.1) is 12.6 Å². The fraction of sp³-hybridized carbons (Fsp3) is 0.400. The van der Waals surface area contributed by atoms with Gasteiger partial charge in [0, 0.05) is 20.1 Å². The van der Waals surface area contributed by atoms with Gasteiger partial charge in [-0.3, -0.25) is 0 Å². The van der Waals surface area contributed by atoms with Crippen LogP contribution in [0.4, 0.5) is 4.79 Å². The Balaban J connectivity index is 1.80. The Morgan fingerprint density at radius 2 is 2.09 bits per heavy atom. The second-order valence-corrected chi connectivity index (χ2v) is 4.65. The Kier molecular flexibility index (Phi) is 5.91. The first-order valence-electron chi connectivity index (χ1n) is 7.16. The molecule has 0 saturated heterocycles. The molecule has 0 aliphatic rings. The summed E-state index contributed by atoms with van der Waals surface area (Å²) in [4.78, 5) is 15.8. The van der Waals surface area contributed by atoms with E-state index < -0.39 is 0 Å². The molecule has 0 spiro atoms. The summed E-state index contributed by atoms with van der Waals surface area (Å²) in [5, 5.41) is 9.16. The SMILES string of the molecule is CCOC(CNC(=O)NCc1noc(C)n1)c1ccccc1. The van der Waals surface area contributed by atoms with Crippen LogP contribution in [0.25, 0.3) is 0 Å². The number of ether oxygens (including phenoxy) is 1. The number of nitrogens with one attached hydrogen (secondary N) is 2. The number of aryl methyl sites for hydroxylation is 1. The van der Waals surface area contributed by atoms with E-state index >= 15 is 0 Å². The van der Waals surface area contributed by atoms with Crippen molar-refractivity contribution in [1.82, 2.24) is 20.8 Å². The van der Waals surface area contributed by atoms with Crippen molar-refractivity contribution in [3.63, 3.8) is 0 Å². The van der Waals surface area contributed by atoms with Crippen molar-refractivity contribution in [3.05, 3.63) is 47.6 Å². The monoisotopic (exact) mass is 304 g/mol. The number of nitrogens with zero attached hydrogens (tertiary/aromatic N) is 2. The predicted molar refractivity (Wildman–Crippen MR) is 80.1 cm³/mol. The summed E-state index contributed by atoms with van der Waals surface area (Å²) < 4.78 is 10.5. The van der Waals surface area contributed by atoms with Gasteiger partial charge in [0.1, 0.15) is 0 Å². The Morgan fingerprint density at radius 3 is 2.73 bits per heavy atom. The molecule has 1 atom stereocenters. The van der Waals surface area contributed by atoms with Crippen molar-refractivity contribution in [3.8, 4) is 0 Å². The second-order valence-electron chi connectivity index (χ2n) is 4.65. The van der Waals surface area contributed by atoms with Crippen molar-refractivity contribution in [2.24, 2.45) is 0 Å². The van der Waals surface area contributed by atoms with Gasteiger partial charge in [0.25, 0.3) is 0 Å². The van der Waals surface area contributed by atoms with Crippen molar-refractivity contribution < 1.29 is 14.1 Å². The summed E-state index contributed by atoms with van der Waals surface area (Å²) >= 11 is 0. The summed E-state index contributed by atoms with van der Waals surface area (Å²) in [7, 11) is 0. The lowest BCUT2D eigenvalue weighted by Crippen LogP contribution is -2.38. The number of urea groups is 1. The van der Waals surface area contributed by atoms with Crippen molar-refractivity contribution >= 4 is 6.03 Å². The highest BCUT2D eigenvalue weighted by molar-refractivity contribution is 5.73. The van der Waals surface area contributed by atoms with E-state index in [9.17, 15) is 4.79 Å². The van der Waals surface area contributed by atoms with Gasteiger partial charge in [-0.25, -0.2) is 4.79 Å². The molecule has 1 heterocycles. The number of benzene rings is 1. The van der Waals surface area contributed by atoms with E-state index in [4.69, 9.17) is 9.26 Å². The first-order valence-corrected chi connectivity index (χ1v) is 7.16. The number of carbonyl (C=O) groups excluding carboxylic acids is 1. The fourth-order valence-corrected chi connectivity index (χ4v) is 1.96. The molecule has 2 rings (SSSR count). The van der Waals surface area contributed by atoms with E-state index in [0.29, 0.717) is 24.9 Å². The maximum atomic E-state index is 11.8. The highest BCUT2D eigenvalue weighted by Crippen LogP contribution is 2.15. The van der Waals surface area contributed by atoms with Gasteiger partial charge < -0.3 is 19.9 Å². The summed E-state index contributed by atoms with van der Waals surface area (Å²) in [6.07, 6.45) is -0.177. The van der Waals surface area contributed by atoms with E-state index in [0.717, 1.165) is 5.56 Å². The van der Waals surface area contributed by atoms with Gasteiger partial charge in [-0.1, -0.05) is 35.5 Å². The zero-order valence-corrected chi connectivity index (χ0v) is 12.7. The quantitative estimate of drug-likeness (QED) is 0.816. The molecule has 1 aromatic heterocycles. The summed E-state index contributed by atoms with van der Waals surface area (Å²) in [6, 6.07) is 9.48. The number of rotatable bonds is 7. The van der Waals surface area contributed by atoms with Crippen LogP contribution in [0.15, 0.2) is 34.9 Å². The first kappa shape index (κ1) is 16.0. The Morgan fingerprint density at radius 1 is 1.32 bits per heavy atom. The Labute approximate surface area is 129 Å². The molecule has 7 heteroatoms. The largest absolute Gasteiger partial charge is 0.372 e. The van der Waals surface area contributed by atoms with Crippen LogP contribution in [-0.4, -0.2) is 29.3 Å². The minimum absolute atomic E-state index is 0.177. The maximum absolute atomic E-state index is 11.8. The average Bonchev–Trinajstić information content (AvgIpc) is 2.96. The van der Waals surface area contributed by atoms with Crippen LogP contribution in [0.3, 0.4) is 0 Å². The lowest BCUT2D eigenvalue weighted by Gasteiger charge is -2.18. The van der Waals surface area contributed by atoms with Crippen LogP contribution >= 0.6 is 0 Å². The van der Waals surface area contributed by atoms with Gasteiger partial charge in [-0.2, -0.15) is 4.98 Å². The van der Waals surface area contributed by atoms with Crippen molar-refractivity contribution in [2.75, 3.05) is 13.2 Å². The molecular formula is C15H20N4O3. The van der Waals surface area contributed by atoms with Crippen LogP contribution in [0.5, 0.6) is 0 Å². The number of hydrogen-bond acceptors (Lipinski definition) is 5. The fourth-order valence-electron chi connectivity index (χ4n) is 1.96. The van der Waals surface area contributed by atoms with Gasteiger partial charge in [-0.05, 0) is 12.5 Å². The molecule has 0 saturated carbocycles. The van der Waals surface area contributed by atoms with E-state index in [-0.39, 0.29) is 18.7 Å². The molecule has 2 amide bonds. The normalized spacial score (nSPS) is 11.9. The minimum atomic E-state index is -0.303. The van der Waals surface area contributed by atoms with Gasteiger partial charge >= 0.3 is 6.03 Å². The van der Waals surface area contributed by atoms with Crippen LogP contribution < -0.4 is 10.6 Å². The molecule has 2 N–H and O–H groups in total. The van der Waals surface area contributed by atoms with Crippen molar-refractivity contribution in [1.29, 1.82) is 0 Å². The zero-order valence-electron chi connectivity index (χ0n) is 12.7. The molecule has 1 aromatic carbocycles. The summed E-state index contributed by atoms with van der Waals surface area (Å²) in [5.41, 5.74) is 1.03. The molecular weight excluding hydrogens is 284 g/mol. The number of aromatic nitrogens is 2. The maximum Gasteiger partial charge on any atom is 0.315 e. The summed E-state index contributed by atoms with van der Waals surface area (Å²) in [5.74, 6) is 0.912. The van der Waals surface area contributed by atoms with E-state index in [1.54, 1.807) is 6.92 Å². The molecule has 118 valence electrons. The lowest BCUT2D eigenvalue weighted by atomic mass is 10.1. The van der Waals surface area contributed by atoms with Gasteiger partial charge in [0.15, 0.2) is 5.82 Å². The predicted octanol–water partition coefficient (Wildman–Crippen LogP) is 1.96. The zero-order chi connectivity index (χ0) is 15.8. The Hall–Kier alpha value is -2.41. The summed E-state index contributed by atoms with van der Waals surface area (Å²) in [6.45, 7) is 4.80. The van der Waals surface area contributed by atoms with Crippen molar-refractivity contribution in [2.45, 2.75) is 26.5 Å². The Bertz CT molecular complexity index is 585. The molecule has 0 fully saturated rings. The molecule has 0 aliphatic heterocycles. The molecule has 22 heavy (non-hydrogen) atoms. The number of hydrogen-bond donors (Lipinski definition) is 2. The average molecular weight is 304 g/mol.